The lowest BCUT2D eigenvalue weighted by Gasteiger charge is -2.60. The molecule has 1 aliphatic heterocycles. The lowest BCUT2D eigenvalue weighted by atomic mass is 9.46. The summed E-state index contributed by atoms with van der Waals surface area (Å²) in [4.78, 5) is 27.1. The summed E-state index contributed by atoms with van der Waals surface area (Å²) in [7, 11) is 0. The number of amides is 2. The fourth-order valence-corrected chi connectivity index (χ4v) is 6.77. The van der Waals surface area contributed by atoms with Gasteiger partial charge in [-0.1, -0.05) is 19.9 Å². The van der Waals surface area contributed by atoms with Crippen LogP contribution in [0.4, 0.5) is 4.79 Å². The first kappa shape index (κ1) is 25.0. The summed E-state index contributed by atoms with van der Waals surface area (Å²) < 4.78 is 5.72. The van der Waals surface area contributed by atoms with Crippen LogP contribution in [0.1, 0.15) is 58.8 Å². The first-order chi connectivity index (χ1) is 15.2. The highest BCUT2D eigenvalue weighted by molar-refractivity contribution is 5.77. The second kappa shape index (κ2) is 10.1. The number of aliphatic hydroxyl groups is 3. The first-order valence-corrected chi connectivity index (χ1v) is 12.0. The average Bonchev–Trinajstić information content (AvgIpc) is 3.26. The van der Waals surface area contributed by atoms with Gasteiger partial charge < -0.3 is 30.3 Å². The van der Waals surface area contributed by atoms with Crippen LogP contribution in [0.3, 0.4) is 0 Å². The second-order valence-corrected chi connectivity index (χ2v) is 10.3. The van der Waals surface area contributed by atoms with Gasteiger partial charge in [0, 0.05) is 24.9 Å². The Hall–Kier alpha value is -1.64. The van der Waals surface area contributed by atoms with Gasteiger partial charge in [-0.15, -0.1) is 6.58 Å². The number of aliphatic hydroxyl groups excluding tert-OH is 3. The average molecular weight is 453 g/mol. The maximum atomic E-state index is 13.2. The Balaban J connectivity index is 1.79. The smallest absolute Gasteiger partial charge is 0.407 e. The predicted octanol–water partition coefficient (Wildman–Crippen LogP) is 1.83. The van der Waals surface area contributed by atoms with Gasteiger partial charge in [0.1, 0.15) is 6.10 Å². The highest BCUT2D eigenvalue weighted by atomic mass is 16.6. The van der Waals surface area contributed by atoms with Gasteiger partial charge in [0.15, 0.2) is 0 Å². The van der Waals surface area contributed by atoms with Crippen LogP contribution in [0.25, 0.3) is 0 Å². The summed E-state index contributed by atoms with van der Waals surface area (Å²) in [5.41, 5.74) is -1.03. The molecule has 0 spiro atoms. The van der Waals surface area contributed by atoms with Crippen LogP contribution in [0.5, 0.6) is 0 Å². The van der Waals surface area contributed by atoms with Crippen molar-refractivity contribution in [3.05, 3.63) is 12.7 Å². The van der Waals surface area contributed by atoms with E-state index in [1.54, 1.807) is 11.0 Å². The van der Waals surface area contributed by atoms with E-state index in [2.05, 4.69) is 18.8 Å². The SMILES string of the molecule is C=CCNC(=O)O[C@@H]1CC[C@]2(C)[C@H](CC[C@@H](O)[C@H]2CC(=O)N2CCC[C@H]2CO)[C@]1(C)CO. The Kier molecular flexibility index (Phi) is 7.89. The second-order valence-electron chi connectivity index (χ2n) is 10.3. The van der Waals surface area contributed by atoms with Crippen LogP contribution in [-0.4, -0.2) is 76.8 Å². The fraction of sp³-hybridized carbons (Fsp3) is 0.833. The molecule has 0 aromatic carbocycles. The zero-order valence-electron chi connectivity index (χ0n) is 19.5. The van der Waals surface area contributed by atoms with Gasteiger partial charge >= 0.3 is 6.09 Å². The maximum absolute atomic E-state index is 13.2. The topological polar surface area (TPSA) is 119 Å². The molecule has 0 unspecified atom stereocenters. The Labute approximate surface area is 191 Å². The van der Waals surface area contributed by atoms with Crippen LogP contribution < -0.4 is 5.32 Å². The Morgan fingerprint density at radius 2 is 1.97 bits per heavy atom. The number of carbonyl (C=O) groups excluding carboxylic acids is 2. The number of hydrogen-bond acceptors (Lipinski definition) is 6. The Morgan fingerprint density at radius 1 is 1.22 bits per heavy atom. The lowest BCUT2D eigenvalue weighted by Crippen LogP contribution is -2.61. The van der Waals surface area contributed by atoms with Gasteiger partial charge in [-0.25, -0.2) is 4.79 Å². The molecule has 32 heavy (non-hydrogen) atoms. The number of nitrogens with zero attached hydrogens (tertiary/aromatic N) is 1. The molecule has 0 aromatic heterocycles. The van der Waals surface area contributed by atoms with Crippen LogP contribution in [0.2, 0.25) is 0 Å². The van der Waals surface area contributed by atoms with Crippen molar-refractivity contribution >= 4 is 12.0 Å². The van der Waals surface area contributed by atoms with Crippen LogP contribution >= 0.6 is 0 Å². The molecule has 2 amide bonds. The van der Waals surface area contributed by atoms with E-state index in [0.717, 1.165) is 12.8 Å². The molecule has 1 saturated heterocycles. The van der Waals surface area contributed by atoms with Crippen molar-refractivity contribution in [2.45, 2.75) is 77.0 Å². The minimum absolute atomic E-state index is 0.000582. The van der Waals surface area contributed by atoms with E-state index in [1.807, 2.05) is 6.92 Å². The van der Waals surface area contributed by atoms with Crippen molar-refractivity contribution in [3.8, 4) is 0 Å². The molecule has 182 valence electrons. The molecule has 3 fully saturated rings. The van der Waals surface area contributed by atoms with E-state index in [0.29, 0.717) is 38.8 Å². The molecule has 2 aliphatic carbocycles. The number of nitrogens with one attached hydrogen (secondary N) is 1. The Morgan fingerprint density at radius 3 is 2.62 bits per heavy atom. The van der Waals surface area contributed by atoms with Crippen LogP contribution in [0, 0.1) is 22.7 Å². The molecule has 0 radical (unpaired) electrons. The third-order valence-corrected chi connectivity index (χ3v) is 8.62. The summed E-state index contributed by atoms with van der Waals surface area (Å²) in [5, 5.41) is 33.6. The predicted molar refractivity (Wildman–Crippen MR) is 120 cm³/mol. The number of ether oxygens (including phenoxy) is 1. The third-order valence-electron chi connectivity index (χ3n) is 8.62. The third kappa shape index (κ3) is 4.54. The van der Waals surface area contributed by atoms with Gasteiger partial charge in [0.2, 0.25) is 5.91 Å². The maximum Gasteiger partial charge on any atom is 0.407 e. The summed E-state index contributed by atoms with van der Waals surface area (Å²) in [6, 6.07) is -0.132. The molecule has 3 rings (SSSR count). The highest BCUT2D eigenvalue weighted by Crippen LogP contribution is 2.61. The van der Waals surface area contributed by atoms with E-state index in [1.165, 1.54) is 0 Å². The molecule has 2 saturated carbocycles. The summed E-state index contributed by atoms with van der Waals surface area (Å²) in [5.74, 6) is -0.255. The summed E-state index contributed by atoms with van der Waals surface area (Å²) in [6.07, 6.45) is 4.47. The van der Waals surface area contributed by atoms with Crippen molar-refractivity contribution in [1.29, 1.82) is 0 Å². The van der Waals surface area contributed by atoms with Gasteiger partial charge in [0.05, 0.1) is 25.4 Å². The molecular formula is C24H40N2O6. The Bertz CT molecular complexity index is 702. The van der Waals surface area contributed by atoms with E-state index < -0.39 is 23.7 Å². The number of likely N-dealkylation sites (tertiary alicyclic amines) is 1. The first-order valence-electron chi connectivity index (χ1n) is 12.0. The van der Waals surface area contributed by atoms with E-state index in [9.17, 15) is 24.9 Å². The molecule has 1 heterocycles. The number of hydrogen-bond donors (Lipinski definition) is 4. The van der Waals surface area contributed by atoms with E-state index in [4.69, 9.17) is 4.74 Å². The minimum atomic E-state index is -0.665. The van der Waals surface area contributed by atoms with Crippen molar-refractivity contribution in [3.63, 3.8) is 0 Å². The van der Waals surface area contributed by atoms with Crippen LogP contribution in [-0.2, 0) is 9.53 Å². The minimum Gasteiger partial charge on any atom is -0.446 e. The monoisotopic (exact) mass is 452 g/mol. The van der Waals surface area contributed by atoms with Gasteiger partial charge in [-0.05, 0) is 55.8 Å². The molecule has 7 atom stereocenters. The molecule has 8 heteroatoms. The number of alkyl carbamates (subject to hydrolysis) is 1. The summed E-state index contributed by atoms with van der Waals surface area (Å²) >= 11 is 0. The van der Waals surface area contributed by atoms with Crippen molar-refractivity contribution in [1.82, 2.24) is 10.2 Å². The molecule has 8 nitrogen and oxygen atoms in total. The fourth-order valence-electron chi connectivity index (χ4n) is 6.77. The van der Waals surface area contributed by atoms with Gasteiger partial charge in [-0.2, -0.15) is 0 Å². The molecule has 3 aliphatic rings. The number of rotatable bonds is 7. The lowest BCUT2D eigenvalue weighted by molar-refractivity contribution is -0.187. The van der Waals surface area contributed by atoms with E-state index >= 15 is 0 Å². The van der Waals surface area contributed by atoms with Crippen molar-refractivity contribution in [2.24, 2.45) is 22.7 Å². The number of carbonyl (C=O) groups is 2. The quantitative estimate of drug-likeness (QED) is 0.438. The van der Waals surface area contributed by atoms with Gasteiger partial charge in [-0.3, -0.25) is 4.79 Å². The molecule has 4 N–H and O–H groups in total. The van der Waals surface area contributed by atoms with Crippen LogP contribution in [0.15, 0.2) is 12.7 Å². The van der Waals surface area contributed by atoms with Gasteiger partial charge in [0.25, 0.3) is 0 Å². The van der Waals surface area contributed by atoms with Crippen molar-refractivity contribution < 1.29 is 29.6 Å². The zero-order valence-corrected chi connectivity index (χ0v) is 19.5. The van der Waals surface area contributed by atoms with Crippen molar-refractivity contribution in [2.75, 3.05) is 26.3 Å². The zero-order chi connectivity index (χ0) is 23.5. The summed E-state index contributed by atoms with van der Waals surface area (Å²) in [6.45, 7) is 8.45. The molecule has 0 bridgehead atoms. The molecular weight excluding hydrogens is 412 g/mol. The largest absolute Gasteiger partial charge is 0.446 e. The molecule has 0 aromatic rings. The highest BCUT2D eigenvalue weighted by Gasteiger charge is 2.60. The van der Waals surface area contributed by atoms with E-state index in [-0.39, 0.29) is 48.8 Å². The number of fused-ring (bicyclic) bond motifs is 1. The standard InChI is InChI=1S/C24H40N2O6/c1-4-11-25-22(31)32-20-9-10-23(2)17(13-21(30)26-12-5-6-16(26)14-27)18(29)7-8-19(23)24(20,3)15-28/h4,16-20,27-29H,1,5-15H2,2-3H3,(H,25,31)/t16-,17+,18+,19-,20+,23-,24-/m0/s1. The normalized spacial score (nSPS) is 39.3.